The quantitative estimate of drug-likeness (QED) is 0.202. The summed E-state index contributed by atoms with van der Waals surface area (Å²) in [5.41, 5.74) is 2.96. The standard InChI is InChI=1S/C29H36F2N4O2/c1-3-28(31)29(37-21-23-10-12-35(13-11-23)27-9-5-7-25(30)19-27)33-22(2)32-26-8-4-6-24(18-26)20-34-14-16-36-17-15-34/h3-9,18-19,23H,1,10-17,20-21H2,2H3,(H,32,33)/b29-28-. The van der Waals surface area contributed by atoms with Gasteiger partial charge in [-0.1, -0.05) is 24.8 Å². The van der Waals surface area contributed by atoms with Crippen molar-refractivity contribution in [3.8, 4) is 0 Å². The summed E-state index contributed by atoms with van der Waals surface area (Å²) in [5.74, 6) is -0.117. The number of ether oxygens (including phenoxy) is 2. The molecule has 2 aliphatic rings. The van der Waals surface area contributed by atoms with Gasteiger partial charge in [-0.15, -0.1) is 0 Å². The molecule has 2 aliphatic heterocycles. The number of nitrogens with zero attached hydrogens (tertiary/aromatic N) is 3. The molecule has 0 unspecified atom stereocenters. The molecule has 2 fully saturated rings. The lowest BCUT2D eigenvalue weighted by molar-refractivity contribution is 0.0342. The number of allylic oxidation sites excluding steroid dienone is 2. The molecule has 0 aliphatic carbocycles. The maximum absolute atomic E-state index is 14.5. The lowest BCUT2D eigenvalue weighted by atomic mass is 9.97. The Morgan fingerprint density at radius 3 is 2.62 bits per heavy atom. The van der Waals surface area contributed by atoms with E-state index in [1.165, 1.54) is 11.6 Å². The van der Waals surface area contributed by atoms with Crippen molar-refractivity contribution in [3.63, 3.8) is 0 Å². The summed E-state index contributed by atoms with van der Waals surface area (Å²) in [6.45, 7) is 11.5. The van der Waals surface area contributed by atoms with Crippen molar-refractivity contribution in [1.82, 2.24) is 4.90 Å². The van der Waals surface area contributed by atoms with Crippen molar-refractivity contribution in [2.45, 2.75) is 26.3 Å². The van der Waals surface area contributed by atoms with Crippen LogP contribution in [-0.2, 0) is 16.0 Å². The molecule has 0 amide bonds. The summed E-state index contributed by atoms with van der Waals surface area (Å²) in [5, 5.41) is 3.25. The molecule has 2 aromatic rings. The van der Waals surface area contributed by atoms with Gasteiger partial charge >= 0.3 is 0 Å². The van der Waals surface area contributed by atoms with Crippen LogP contribution in [0.15, 0.2) is 77.9 Å². The second kappa shape index (κ2) is 13.4. The third kappa shape index (κ3) is 8.13. The van der Waals surface area contributed by atoms with Crippen LogP contribution >= 0.6 is 0 Å². The minimum atomic E-state index is -0.598. The largest absolute Gasteiger partial charge is 0.475 e. The first-order valence-electron chi connectivity index (χ1n) is 12.9. The smallest absolute Gasteiger partial charge is 0.252 e. The van der Waals surface area contributed by atoms with E-state index in [1.807, 2.05) is 18.2 Å². The van der Waals surface area contributed by atoms with Crippen LogP contribution in [0.1, 0.15) is 25.3 Å². The van der Waals surface area contributed by atoms with Gasteiger partial charge in [0.2, 0.25) is 0 Å². The van der Waals surface area contributed by atoms with Gasteiger partial charge in [0, 0.05) is 44.1 Å². The lowest BCUT2D eigenvalue weighted by Crippen LogP contribution is -2.35. The molecule has 6 nitrogen and oxygen atoms in total. The van der Waals surface area contributed by atoms with E-state index < -0.39 is 5.83 Å². The fraction of sp³-hybridized carbons (Fsp3) is 0.414. The molecule has 0 aromatic heterocycles. The van der Waals surface area contributed by atoms with E-state index in [-0.39, 0.29) is 17.6 Å². The van der Waals surface area contributed by atoms with Crippen LogP contribution in [0.3, 0.4) is 0 Å². The summed E-state index contributed by atoms with van der Waals surface area (Å²) >= 11 is 0. The van der Waals surface area contributed by atoms with E-state index in [9.17, 15) is 8.78 Å². The van der Waals surface area contributed by atoms with Crippen LogP contribution in [-0.4, -0.2) is 56.7 Å². The van der Waals surface area contributed by atoms with Crippen LogP contribution in [0.25, 0.3) is 0 Å². The van der Waals surface area contributed by atoms with Gasteiger partial charge < -0.3 is 19.7 Å². The highest BCUT2D eigenvalue weighted by atomic mass is 19.1. The monoisotopic (exact) mass is 510 g/mol. The zero-order valence-electron chi connectivity index (χ0n) is 21.5. The minimum Gasteiger partial charge on any atom is -0.475 e. The number of halogens is 2. The van der Waals surface area contributed by atoms with Crippen LogP contribution < -0.4 is 10.2 Å². The van der Waals surface area contributed by atoms with Gasteiger partial charge in [-0.25, -0.2) is 8.78 Å². The second-order valence-corrected chi connectivity index (χ2v) is 9.49. The predicted molar refractivity (Wildman–Crippen MR) is 145 cm³/mol. The first-order valence-corrected chi connectivity index (χ1v) is 12.9. The molecule has 1 N–H and O–H groups in total. The number of anilines is 2. The number of amidine groups is 1. The van der Waals surface area contributed by atoms with E-state index in [0.29, 0.717) is 12.4 Å². The Balaban J connectivity index is 1.31. The van der Waals surface area contributed by atoms with Crippen LogP contribution in [0.2, 0.25) is 0 Å². The molecule has 0 atom stereocenters. The number of benzene rings is 2. The molecule has 0 saturated carbocycles. The Bertz CT molecular complexity index is 1110. The van der Waals surface area contributed by atoms with Gasteiger partial charge in [-0.3, -0.25) is 4.90 Å². The molecule has 198 valence electrons. The Labute approximate surface area is 218 Å². The highest BCUT2D eigenvalue weighted by Gasteiger charge is 2.21. The number of hydrogen-bond donors (Lipinski definition) is 1. The molecule has 37 heavy (non-hydrogen) atoms. The number of hydrogen-bond acceptors (Lipinski definition) is 5. The first-order chi connectivity index (χ1) is 18.0. The van der Waals surface area contributed by atoms with Gasteiger partial charge in [-0.05, 0) is 67.7 Å². The van der Waals surface area contributed by atoms with Gasteiger partial charge in [0.05, 0.1) is 19.8 Å². The first kappa shape index (κ1) is 26.8. The van der Waals surface area contributed by atoms with Crippen molar-refractivity contribution in [3.05, 3.63) is 84.3 Å². The van der Waals surface area contributed by atoms with Crippen molar-refractivity contribution >= 4 is 17.2 Å². The Morgan fingerprint density at radius 2 is 1.89 bits per heavy atom. The fourth-order valence-corrected chi connectivity index (χ4v) is 4.62. The van der Waals surface area contributed by atoms with E-state index >= 15 is 0 Å². The maximum atomic E-state index is 14.5. The molecule has 0 spiro atoms. The summed E-state index contributed by atoms with van der Waals surface area (Å²) in [6.07, 6.45) is 2.86. The van der Waals surface area contributed by atoms with Crippen LogP contribution in [0.5, 0.6) is 0 Å². The molecular formula is C29H36F2N4O2. The highest BCUT2D eigenvalue weighted by Crippen LogP contribution is 2.25. The van der Waals surface area contributed by atoms with E-state index in [0.717, 1.165) is 76.2 Å². The molecular weight excluding hydrogens is 474 g/mol. The average Bonchev–Trinajstić information content (AvgIpc) is 2.91. The highest BCUT2D eigenvalue weighted by molar-refractivity contribution is 5.94. The molecule has 2 saturated heterocycles. The zero-order valence-corrected chi connectivity index (χ0v) is 21.5. The predicted octanol–water partition coefficient (Wildman–Crippen LogP) is 5.75. The summed E-state index contributed by atoms with van der Waals surface area (Å²) in [4.78, 5) is 8.91. The summed E-state index contributed by atoms with van der Waals surface area (Å²) in [6, 6.07) is 14.8. The number of aliphatic imine (C=N–C) groups is 1. The second-order valence-electron chi connectivity index (χ2n) is 9.49. The van der Waals surface area contributed by atoms with E-state index in [2.05, 4.69) is 38.8 Å². The lowest BCUT2D eigenvalue weighted by Gasteiger charge is -2.33. The summed E-state index contributed by atoms with van der Waals surface area (Å²) in [7, 11) is 0. The number of nitrogens with one attached hydrogen (secondary N) is 1. The summed E-state index contributed by atoms with van der Waals surface area (Å²) < 4.78 is 39.4. The fourth-order valence-electron chi connectivity index (χ4n) is 4.62. The normalized spacial score (nSPS) is 18.4. The Hall–Kier alpha value is -3.23. The molecule has 2 aromatic carbocycles. The van der Waals surface area contributed by atoms with Gasteiger partial charge in [-0.2, -0.15) is 4.99 Å². The minimum absolute atomic E-state index is 0.0722. The van der Waals surface area contributed by atoms with E-state index in [1.54, 1.807) is 19.1 Å². The number of morpholine rings is 1. The van der Waals surface area contributed by atoms with Crippen molar-refractivity contribution < 1.29 is 18.3 Å². The number of rotatable bonds is 9. The van der Waals surface area contributed by atoms with Gasteiger partial charge in [0.25, 0.3) is 5.88 Å². The maximum Gasteiger partial charge on any atom is 0.252 e. The molecule has 2 heterocycles. The SMILES string of the molecule is C=C/C(F)=C(\N=C(/C)Nc1cccc(CN2CCOCC2)c1)OCC1CCN(c2cccc(F)c2)CC1. The van der Waals surface area contributed by atoms with Gasteiger partial charge in [0.15, 0.2) is 5.83 Å². The average molecular weight is 511 g/mol. The molecule has 0 radical (unpaired) electrons. The van der Waals surface area contributed by atoms with Gasteiger partial charge in [0.1, 0.15) is 11.7 Å². The van der Waals surface area contributed by atoms with E-state index in [4.69, 9.17) is 9.47 Å². The molecule has 0 bridgehead atoms. The Morgan fingerprint density at radius 1 is 1.14 bits per heavy atom. The number of piperidine rings is 1. The molecule has 4 rings (SSSR count). The topological polar surface area (TPSA) is 49.3 Å². The van der Waals surface area contributed by atoms with Crippen molar-refractivity contribution in [2.24, 2.45) is 10.9 Å². The van der Waals surface area contributed by atoms with Crippen molar-refractivity contribution in [1.29, 1.82) is 0 Å². The third-order valence-corrected chi connectivity index (χ3v) is 6.66. The Kier molecular flexibility index (Phi) is 9.68. The van der Waals surface area contributed by atoms with Crippen molar-refractivity contribution in [2.75, 3.05) is 56.2 Å². The van der Waals surface area contributed by atoms with Crippen LogP contribution in [0, 0.1) is 11.7 Å². The third-order valence-electron chi connectivity index (χ3n) is 6.66. The molecule has 8 heteroatoms. The zero-order chi connectivity index (χ0) is 26.0. The van der Waals surface area contributed by atoms with Crippen LogP contribution in [0.4, 0.5) is 20.2 Å².